The van der Waals surface area contributed by atoms with Crippen LogP contribution in [0.3, 0.4) is 0 Å². The van der Waals surface area contributed by atoms with E-state index in [0.717, 1.165) is 6.07 Å². The Morgan fingerprint density at radius 3 is 2.37 bits per heavy atom. The summed E-state index contributed by atoms with van der Waals surface area (Å²) in [5.74, 6) is -0.916. The number of nitrogens with one attached hydrogen (secondary N) is 1. The summed E-state index contributed by atoms with van der Waals surface area (Å²) in [6, 6.07) is 2.66. The van der Waals surface area contributed by atoms with Crippen LogP contribution < -0.4 is 11.1 Å². The molecule has 0 spiro atoms. The highest BCUT2D eigenvalue weighted by atomic mass is 79.9. The second-order valence-electron chi connectivity index (χ2n) is 4.46. The average Bonchev–Trinajstić information content (AvgIpc) is 2.23. The van der Waals surface area contributed by atoms with Crippen LogP contribution in [-0.2, 0) is 11.0 Å². The Morgan fingerprint density at radius 2 is 1.95 bits per heavy atom. The van der Waals surface area contributed by atoms with E-state index in [1.165, 1.54) is 12.1 Å². The van der Waals surface area contributed by atoms with Gasteiger partial charge in [-0.2, -0.15) is 13.2 Å². The highest BCUT2D eigenvalue weighted by molar-refractivity contribution is 9.10. The molecule has 0 aliphatic rings. The molecule has 0 aromatic heterocycles. The fourth-order valence-electron chi connectivity index (χ4n) is 1.62. The summed E-state index contributed by atoms with van der Waals surface area (Å²) < 4.78 is 39.1. The SMILES string of the molecule is CC(C)C(Nc1cc(Br)ccc1C(F)(F)F)C(N)=O. The van der Waals surface area contributed by atoms with Crippen LogP contribution in [0.25, 0.3) is 0 Å². The number of primary amides is 1. The van der Waals surface area contributed by atoms with Gasteiger partial charge in [0.25, 0.3) is 0 Å². The lowest BCUT2D eigenvalue weighted by atomic mass is 10.0. The molecule has 0 heterocycles. The molecule has 1 amide bonds. The van der Waals surface area contributed by atoms with E-state index < -0.39 is 23.7 Å². The van der Waals surface area contributed by atoms with E-state index in [9.17, 15) is 18.0 Å². The molecule has 0 aliphatic carbocycles. The van der Waals surface area contributed by atoms with Gasteiger partial charge in [0.1, 0.15) is 6.04 Å². The van der Waals surface area contributed by atoms with Crippen LogP contribution in [-0.4, -0.2) is 11.9 Å². The van der Waals surface area contributed by atoms with Gasteiger partial charge in [-0.3, -0.25) is 4.79 Å². The minimum Gasteiger partial charge on any atom is -0.373 e. The fourth-order valence-corrected chi connectivity index (χ4v) is 1.98. The Kier molecular flexibility index (Phi) is 4.84. The number of alkyl halides is 3. The van der Waals surface area contributed by atoms with E-state index in [0.29, 0.717) is 4.47 Å². The Hall–Kier alpha value is -1.24. The monoisotopic (exact) mass is 338 g/mol. The third-order valence-corrected chi connectivity index (χ3v) is 3.06. The zero-order valence-corrected chi connectivity index (χ0v) is 12.0. The minimum atomic E-state index is -4.50. The van der Waals surface area contributed by atoms with Crippen LogP contribution in [0.1, 0.15) is 19.4 Å². The summed E-state index contributed by atoms with van der Waals surface area (Å²) in [5, 5.41) is 2.57. The van der Waals surface area contributed by atoms with E-state index >= 15 is 0 Å². The van der Waals surface area contributed by atoms with Crippen molar-refractivity contribution in [2.24, 2.45) is 11.7 Å². The molecule has 106 valence electrons. The number of anilines is 1. The van der Waals surface area contributed by atoms with Gasteiger partial charge in [0.15, 0.2) is 0 Å². The van der Waals surface area contributed by atoms with Gasteiger partial charge in [0, 0.05) is 10.2 Å². The van der Waals surface area contributed by atoms with Gasteiger partial charge in [-0.25, -0.2) is 0 Å². The number of rotatable bonds is 4. The van der Waals surface area contributed by atoms with Crippen LogP contribution in [0, 0.1) is 5.92 Å². The van der Waals surface area contributed by atoms with Gasteiger partial charge >= 0.3 is 6.18 Å². The lowest BCUT2D eigenvalue weighted by Crippen LogP contribution is -2.40. The highest BCUT2D eigenvalue weighted by Crippen LogP contribution is 2.36. The number of amides is 1. The molecule has 7 heteroatoms. The number of hydrogen-bond acceptors (Lipinski definition) is 2. The molecule has 1 atom stereocenters. The van der Waals surface area contributed by atoms with E-state index in [2.05, 4.69) is 21.2 Å². The van der Waals surface area contributed by atoms with Crippen molar-refractivity contribution in [2.75, 3.05) is 5.32 Å². The van der Waals surface area contributed by atoms with Gasteiger partial charge < -0.3 is 11.1 Å². The van der Waals surface area contributed by atoms with Gasteiger partial charge in [-0.1, -0.05) is 29.8 Å². The first-order chi connectivity index (χ1) is 8.62. The molecule has 1 aromatic rings. The van der Waals surface area contributed by atoms with Crippen molar-refractivity contribution < 1.29 is 18.0 Å². The summed E-state index contributed by atoms with van der Waals surface area (Å²) in [6.07, 6.45) is -4.50. The maximum absolute atomic E-state index is 12.9. The molecule has 1 unspecified atom stereocenters. The number of benzene rings is 1. The third-order valence-electron chi connectivity index (χ3n) is 2.57. The molecular formula is C12H14BrF3N2O. The Bertz CT molecular complexity index is 475. The summed E-state index contributed by atoms with van der Waals surface area (Å²) >= 11 is 3.10. The van der Waals surface area contributed by atoms with Gasteiger partial charge in [-0.15, -0.1) is 0 Å². The number of halogens is 4. The van der Waals surface area contributed by atoms with Crippen LogP contribution in [0.2, 0.25) is 0 Å². The van der Waals surface area contributed by atoms with Crippen LogP contribution in [0.5, 0.6) is 0 Å². The number of nitrogens with two attached hydrogens (primary N) is 1. The fraction of sp³-hybridized carbons (Fsp3) is 0.417. The van der Waals surface area contributed by atoms with Crippen molar-refractivity contribution in [3.63, 3.8) is 0 Å². The molecule has 1 rings (SSSR count). The lowest BCUT2D eigenvalue weighted by Gasteiger charge is -2.23. The van der Waals surface area contributed by atoms with Crippen molar-refractivity contribution >= 4 is 27.5 Å². The predicted molar refractivity (Wildman–Crippen MR) is 70.6 cm³/mol. The molecule has 0 aliphatic heterocycles. The van der Waals surface area contributed by atoms with Gasteiger partial charge in [-0.05, 0) is 24.1 Å². The molecule has 0 saturated carbocycles. The Morgan fingerprint density at radius 1 is 1.37 bits per heavy atom. The zero-order valence-electron chi connectivity index (χ0n) is 10.4. The van der Waals surface area contributed by atoms with Crippen molar-refractivity contribution in [2.45, 2.75) is 26.1 Å². The molecule has 0 saturated heterocycles. The summed E-state index contributed by atoms with van der Waals surface area (Å²) in [7, 11) is 0. The van der Waals surface area contributed by atoms with E-state index in [-0.39, 0.29) is 11.6 Å². The maximum atomic E-state index is 12.9. The quantitative estimate of drug-likeness (QED) is 0.884. The van der Waals surface area contributed by atoms with Crippen LogP contribution in [0.15, 0.2) is 22.7 Å². The van der Waals surface area contributed by atoms with Crippen molar-refractivity contribution in [1.82, 2.24) is 0 Å². The van der Waals surface area contributed by atoms with Gasteiger partial charge in [0.05, 0.1) is 5.56 Å². The summed E-state index contributed by atoms with van der Waals surface area (Å²) in [6.45, 7) is 3.40. The first-order valence-electron chi connectivity index (χ1n) is 5.55. The van der Waals surface area contributed by atoms with Crippen molar-refractivity contribution in [3.8, 4) is 0 Å². The second-order valence-corrected chi connectivity index (χ2v) is 5.37. The lowest BCUT2D eigenvalue weighted by molar-refractivity contribution is -0.137. The van der Waals surface area contributed by atoms with Crippen LogP contribution in [0.4, 0.5) is 18.9 Å². The zero-order chi connectivity index (χ0) is 14.8. The first kappa shape index (κ1) is 15.8. The molecule has 19 heavy (non-hydrogen) atoms. The standard InChI is InChI=1S/C12H14BrF3N2O/c1-6(2)10(11(17)19)18-9-5-7(13)3-4-8(9)12(14,15)16/h3-6,10,18H,1-2H3,(H2,17,19). The largest absolute Gasteiger partial charge is 0.418 e. The molecule has 3 nitrogen and oxygen atoms in total. The number of hydrogen-bond donors (Lipinski definition) is 2. The smallest absolute Gasteiger partial charge is 0.373 e. The van der Waals surface area contributed by atoms with Crippen molar-refractivity contribution in [3.05, 3.63) is 28.2 Å². The molecular weight excluding hydrogens is 325 g/mol. The van der Waals surface area contributed by atoms with E-state index in [4.69, 9.17) is 5.73 Å². The molecule has 0 radical (unpaired) electrons. The maximum Gasteiger partial charge on any atom is 0.418 e. The number of carbonyl (C=O) groups is 1. The number of carbonyl (C=O) groups excluding carboxylic acids is 1. The summed E-state index contributed by atoms with van der Waals surface area (Å²) in [4.78, 5) is 11.3. The van der Waals surface area contributed by atoms with Crippen LogP contribution >= 0.6 is 15.9 Å². The molecule has 3 N–H and O–H groups in total. The molecule has 0 bridgehead atoms. The second kappa shape index (κ2) is 5.81. The van der Waals surface area contributed by atoms with Crippen molar-refractivity contribution in [1.29, 1.82) is 0 Å². The summed E-state index contributed by atoms with van der Waals surface area (Å²) in [5.41, 5.74) is 4.19. The highest BCUT2D eigenvalue weighted by Gasteiger charge is 2.34. The Labute approximate surface area is 117 Å². The molecule has 1 aromatic carbocycles. The topological polar surface area (TPSA) is 55.1 Å². The van der Waals surface area contributed by atoms with E-state index in [1.807, 2.05) is 0 Å². The predicted octanol–water partition coefficient (Wildman–Crippen LogP) is 3.39. The third kappa shape index (κ3) is 4.12. The van der Waals surface area contributed by atoms with E-state index in [1.54, 1.807) is 13.8 Å². The molecule has 0 fully saturated rings. The minimum absolute atomic E-state index is 0.167. The van der Waals surface area contributed by atoms with Gasteiger partial charge in [0.2, 0.25) is 5.91 Å². The Balaban J connectivity index is 3.18. The average molecular weight is 339 g/mol. The first-order valence-corrected chi connectivity index (χ1v) is 6.35. The normalized spacial score (nSPS) is 13.4.